The van der Waals surface area contributed by atoms with E-state index < -0.39 is 0 Å². The highest BCUT2D eigenvalue weighted by atomic mass is 35.5. The lowest BCUT2D eigenvalue weighted by atomic mass is 10.2. The first kappa shape index (κ1) is 16.4. The maximum atomic E-state index is 12.5. The number of halogens is 1. The molecule has 1 saturated carbocycles. The van der Waals surface area contributed by atoms with Gasteiger partial charge in [0.05, 0.1) is 12.8 Å². The molecule has 0 radical (unpaired) electrons. The summed E-state index contributed by atoms with van der Waals surface area (Å²) in [5.41, 5.74) is 0.614. The standard InChI is InChI=1S/C17H24ClN3O2/c1-23-16-7-6-13(18)12-15(16)19-17(22)21-10-8-20(9-11-21)14-4-2-3-5-14/h6-7,12,14H,2-5,8-11H2,1H3,(H,19,22). The molecule has 1 aliphatic carbocycles. The Morgan fingerprint density at radius 3 is 2.57 bits per heavy atom. The van der Waals surface area contributed by atoms with Gasteiger partial charge in [0.2, 0.25) is 0 Å². The number of anilines is 1. The lowest BCUT2D eigenvalue weighted by Crippen LogP contribution is -2.52. The number of rotatable bonds is 3. The molecular formula is C17H24ClN3O2. The summed E-state index contributed by atoms with van der Waals surface area (Å²) in [4.78, 5) is 16.9. The maximum Gasteiger partial charge on any atom is 0.322 e. The summed E-state index contributed by atoms with van der Waals surface area (Å²) in [6.07, 6.45) is 5.32. The molecule has 1 N–H and O–H groups in total. The minimum atomic E-state index is -0.0864. The van der Waals surface area contributed by atoms with E-state index in [1.807, 2.05) is 4.90 Å². The molecule has 0 spiro atoms. The van der Waals surface area contributed by atoms with Crippen LogP contribution in [0.4, 0.5) is 10.5 Å². The largest absolute Gasteiger partial charge is 0.495 e. The zero-order valence-electron chi connectivity index (χ0n) is 13.6. The summed E-state index contributed by atoms with van der Waals surface area (Å²) >= 11 is 6.01. The Labute approximate surface area is 142 Å². The van der Waals surface area contributed by atoms with Crippen molar-refractivity contribution in [2.24, 2.45) is 0 Å². The molecule has 0 atom stereocenters. The van der Waals surface area contributed by atoms with Crippen molar-refractivity contribution >= 4 is 23.3 Å². The van der Waals surface area contributed by atoms with Crippen molar-refractivity contribution in [1.82, 2.24) is 9.80 Å². The molecule has 2 amide bonds. The molecular weight excluding hydrogens is 314 g/mol. The number of hydrogen-bond acceptors (Lipinski definition) is 3. The van der Waals surface area contributed by atoms with E-state index in [4.69, 9.17) is 16.3 Å². The fraction of sp³-hybridized carbons (Fsp3) is 0.588. The molecule has 0 aromatic heterocycles. The second-order valence-electron chi connectivity index (χ2n) is 6.24. The molecule has 0 bridgehead atoms. The zero-order valence-corrected chi connectivity index (χ0v) is 14.3. The average molecular weight is 338 g/mol. The molecule has 1 saturated heterocycles. The predicted molar refractivity (Wildman–Crippen MR) is 92.4 cm³/mol. The summed E-state index contributed by atoms with van der Waals surface area (Å²) in [7, 11) is 1.58. The molecule has 1 aliphatic heterocycles. The number of carbonyl (C=O) groups excluding carboxylic acids is 1. The fourth-order valence-corrected chi connectivity index (χ4v) is 3.70. The van der Waals surface area contributed by atoms with Crippen LogP contribution in [0.15, 0.2) is 18.2 Å². The third kappa shape index (κ3) is 3.90. The van der Waals surface area contributed by atoms with Crippen LogP contribution in [0.1, 0.15) is 25.7 Å². The number of methoxy groups -OCH3 is 1. The molecule has 0 unspecified atom stereocenters. The van der Waals surface area contributed by atoms with Gasteiger partial charge in [0.15, 0.2) is 0 Å². The third-order valence-electron chi connectivity index (χ3n) is 4.85. The summed E-state index contributed by atoms with van der Waals surface area (Å²) in [6, 6.07) is 5.87. The van der Waals surface area contributed by atoms with Gasteiger partial charge in [-0.1, -0.05) is 24.4 Å². The fourth-order valence-electron chi connectivity index (χ4n) is 3.53. The van der Waals surface area contributed by atoms with Gasteiger partial charge in [0, 0.05) is 37.2 Å². The number of benzene rings is 1. The van der Waals surface area contributed by atoms with Gasteiger partial charge in [-0.15, -0.1) is 0 Å². The van der Waals surface area contributed by atoms with Crippen LogP contribution in [-0.4, -0.2) is 55.2 Å². The number of piperazine rings is 1. The van der Waals surface area contributed by atoms with Crippen molar-refractivity contribution in [2.75, 3.05) is 38.6 Å². The Morgan fingerprint density at radius 2 is 1.91 bits per heavy atom. The van der Waals surface area contributed by atoms with Gasteiger partial charge >= 0.3 is 6.03 Å². The first-order valence-corrected chi connectivity index (χ1v) is 8.68. The van der Waals surface area contributed by atoms with Crippen LogP contribution in [0, 0.1) is 0 Å². The van der Waals surface area contributed by atoms with E-state index in [1.165, 1.54) is 25.7 Å². The first-order chi connectivity index (χ1) is 11.2. The van der Waals surface area contributed by atoms with Gasteiger partial charge in [-0.25, -0.2) is 4.79 Å². The van der Waals surface area contributed by atoms with Crippen molar-refractivity contribution < 1.29 is 9.53 Å². The Kier molecular flexibility index (Phi) is 5.28. The minimum Gasteiger partial charge on any atom is -0.495 e. The molecule has 5 nitrogen and oxygen atoms in total. The number of hydrogen-bond donors (Lipinski definition) is 1. The second-order valence-corrected chi connectivity index (χ2v) is 6.67. The molecule has 3 rings (SSSR count). The van der Waals surface area contributed by atoms with Crippen LogP contribution in [0.2, 0.25) is 5.02 Å². The number of urea groups is 1. The second kappa shape index (κ2) is 7.41. The highest BCUT2D eigenvalue weighted by molar-refractivity contribution is 6.31. The van der Waals surface area contributed by atoms with Crippen LogP contribution >= 0.6 is 11.6 Å². The van der Waals surface area contributed by atoms with Gasteiger partial charge < -0.3 is 15.0 Å². The van der Waals surface area contributed by atoms with E-state index in [2.05, 4.69) is 10.2 Å². The van der Waals surface area contributed by atoms with Crippen molar-refractivity contribution in [3.05, 3.63) is 23.2 Å². The highest BCUT2D eigenvalue weighted by Crippen LogP contribution is 2.28. The van der Waals surface area contributed by atoms with E-state index >= 15 is 0 Å². The van der Waals surface area contributed by atoms with Gasteiger partial charge in [0.1, 0.15) is 5.75 Å². The van der Waals surface area contributed by atoms with Crippen LogP contribution in [0.25, 0.3) is 0 Å². The van der Waals surface area contributed by atoms with Gasteiger partial charge in [0.25, 0.3) is 0 Å². The predicted octanol–water partition coefficient (Wildman–Crippen LogP) is 3.44. The molecule has 2 fully saturated rings. The quantitative estimate of drug-likeness (QED) is 0.919. The Hall–Kier alpha value is -1.46. The molecule has 1 aromatic carbocycles. The Morgan fingerprint density at radius 1 is 1.22 bits per heavy atom. The van der Waals surface area contributed by atoms with E-state index in [0.29, 0.717) is 16.5 Å². The first-order valence-electron chi connectivity index (χ1n) is 8.31. The van der Waals surface area contributed by atoms with Crippen molar-refractivity contribution in [3.63, 3.8) is 0 Å². The van der Waals surface area contributed by atoms with E-state index in [1.54, 1.807) is 25.3 Å². The topological polar surface area (TPSA) is 44.8 Å². The van der Waals surface area contributed by atoms with E-state index in [0.717, 1.165) is 32.2 Å². The SMILES string of the molecule is COc1ccc(Cl)cc1NC(=O)N1CCN(C2CCCC2)CC1. The summed E-state index contributed by atoms with van der Waals surface area (Å²) in [5, 5.41) is 3.49. The molecule has 1 heterocycles. The Balaban J connectivity index is 1.56. The minimum absolute atomic E-state index is 0.0864. The van der Waals surface area contributed by atoms with E-state index in [9.17, 15) is 4.79 Å². The van der Waals surface area contributed by atoms with Crippen molar-refractivity contribution in [1.29, 1.82) is 0 Å². The summed E-state index contributed by atoms with van der Waals surface area (Å²) < 4.78 is 5.27. The lowest BCUT2D eigenvalue weighted by Gasteiger charge is -2.38. The van der Waals surface area contributed by atoms with Crippen LogP contribution in [-0.2, 0) is 0 Å². The zero-order chi connectivity index (χ0) is 16.2. The Bertz CT molecular complexity index is 553. The van der Waals surface area contributed by atoms with Crippen LogP contribution in [0.5, 0.6) is 5.75 Å². The van der Waals surface area contributed by atoms with Crippen LogP contribution in [0.3, 0.4) is 0 Å². The maximum absolute atomic E-state index is 12.5. The molecule has 126 valence electrons. The van der Waals surface area contributed by atoms with Crippen molar-refractivity contribution in [2.45, 2.75) is 31.7 Å². The molecule has 6 heteroatoms. The number of amides is 2. The van der Waals surface area contributed by atoms with Gasteiger partial charge in [-0.05, 0) is 31.0 Å². The molecule has 2 aliphatic rings. The number of ether oxygens (including phenoxy) is 1. The summed E-state index contributed by atoms with van der Waals surface area (Å²) in [5.74, 6) is 0.618. The van der Waals surface area contributed by atoms with Crippen LogP contribution < -0.4 is 10.1 Å². The average Bonchev–Trinajstić information content (AvgIpc) is 3.10. The number of carbonyl (C=O) groups is 1. The molecule has 1 aromatic rings. The number of nitrogens with zero attached hydrogens (tertiary/aromatic N) is 2. The number of nitrogens with one attached hydrogen (secondary N) is 1. The summed E-state index contributed by atoms with van der Waals surface area (Å²) in [6.45, 7) is 3.46. The lowest BCUT2D eigenvalue weighted by molar-refractivity contribution is 0.115. The van der Waals surface area contributed by atoms with E-state index in [-0.39, 0.29) is 6.03 Å². The smallest absolute Gasteiger partial charge is 0.322 e. The molecule has 23 heavy (non-hydrogen) atoms. The van der Waals surface area contributed by atoms with Gasteiger partial charge in [-0.3, -0.25) is 4.90 Å². The van der Waals surface area contributed by atoms with Gasteiger partial charge in [-0.2, -0.15) is 0 Å². The monoisotopic (exact) mass is 337 g/mol. The highest BCUT2D eigenvalue weighted by Gasteiger charge is 2.28. The normalized spacial score (nSPS) is 19.8. The van der Waals surface area contributed by atoms with Crippen molar-refractivity contribution in [3.8, 4) is 5.75 Å². The third-order valence-corrected chi connectivity index (χ3v) is 5.08.